The SMILES string of the molecule is c1ccc2cc3c(cc2c1)c1c2ccccc2ccc1n3-c1ccc(C2=NC(c3cccc4c3sc3ccccc34)=NC(c3cccc4c3sc3ccccc34)N2)c2oc3ccccc3c12. The molecule has 1 aliphatic rings. The third-order valence-corrected chi connectivity index (χ3v) is 16.1. The standard InChI is InChI=1S/C59H34N4OS2/c1-2-15-35-32-48-45(31-34(35)14-1)52-36-16-4-3-13-33(36)27-29-46(52)63(48)47-30-28-42(54-53(47)41-19-5-8-24-49(41)64-54)57-60-58(43-22-11-20-39-37-17-6-9-25-50(37)65-55(39)43)62-59(61-57)44-23-12-21-40-38-18-7-10-26-51(38)66-56(40)44/h1-32,58H,(H,60,61,62). The first-order valence-electron chi connectivity index (χ1n) is 22.3. The van der Waals surface area contributed by atoms with Gasteiger partial charge in [-0.25, -0.2) is 9.98 Å². The molecule has 10 aromatic carbocycles. The van der Waals surface area contributed by atoms with Gasteiger partial charge in [0.05, 0.1) is 27.7 Å². The minimum atomic E-state index is -0.424. The highest BCUT2D eigenvalue weighted by molar-refractivity contribution is 7.26. The lowest BCUT2D eigenvalue weighted by Crippen LogP contribution is -2.33. The van der Waals surface area contributed by atoms with Crippen molar-refractivity contribution in [1.82, 2.24) is 9.88 Å². The topological polar surface area (TPSA) is 54.8 Å². The van der Waals surface area contributed by atoms with Crippen molar-refractivity contribution in [2.24, 2.45) is 9.98 Å². The summed E-state index contributed by atoms with van der Waals surface area (Å²) in [6, 6.07) is 70.0. The van der Waals surface area contributed by atoms with E-state index in [4.69, 9.17) is 14.4 Å². The van der Waals surface area contributed by atoms with E-state index in [1.807, 2.05) is 11.3 Å². The van der Waals surface area contributed by atoms with Crippen LogP contribution < -0.4 is 5.32 Å². The lowest BCUT2D eigenvalue weighted by molar-refractivity contribution is 0.661. The molecule has 0 radical (unpaired) electrons. The number of nitrogens with zero attached hydrogens (tertiary/aromatic N) is 3. The molecule has 5 heterocycles. The molecule has 1 unspecified atom stereocenters. The molecule has 308 valence electrons. The lowest BCUT2D eigenvalue weighted by Gasteiger charge is -2.24. The number of furan rings is 1. The summed E-state index contributed by atoms with van der Waals surface area (Å²) in [5.41, 5.74) is 7.96. The Morgan fingerprint density at radius 3 is 1.94 bits per heavy atom. The number of para-hydroxylation sites is 1. The fourth-order valence-corrected chi connectivity index (χ4v) is 13.1. The number of rotatable bonds is 4. The molecule has 0 amide bonds. The minimum absolute atomic E-state index is 0.424. The van der Waals surface area contributed by atoms with Crippen molar-refractivity contribution >= 4 is 140 Å². The second-order valence-electron chi connectivity index (χ2n) is 17.2. The number of aliphatic imine (C=N–C) groups is 2. The largest absolute Gasteiger partial charge is 0.455 e. The molecular formula is C59H34N4OS2. The average molecular weight is 879 g/mol. The van der Waals surface area contributed by atoms with Crippen LogP contribution in [0.3, 0.4) is 0 Å². The van der Waals surface area contributed by atoms with E-state index in [0.717, 1.165) is 61.2 Å². The van der Waals surface area contributed by atoms with Crippen molar-refractivity contribution in [3.8, 4) is 5.69 Å². The quantitative estimate of drug-likeness (QED) is 0.191. The van der Waals surface area contributed by atoms with Crippen LogP contribution in [-0.4, -0.2) is 16.2 Å². The summed E-state index contributed by atoms with van der Waals surface area (Å²) in [5.74, 6) is 1.41. The van der Waals surface area contributed by atoms with Crippen molar-refractivity contribution in [2.45, 2.75) is 6.17 Å². The molecule has 14 aromatic rings. The van der Waals surface area contributed by atoms with Crippen LogP contribution in [0.15, 0.2) is 209 Å². The summed E-state index contributed by atoms with van der Waals surface area (Å²) < 4.78 is 14.4. The fourth-order valence-electron chi connectivity index (χ4n) is 10.7. The smallest absolute Gasteiger partial charge is 0.160 e. The maximum absolute atomic E-state index is 7.07. The highest BCUT2D eigenvalue weighted by atomic mass is 32.1. The number of amidine groups is 2. The maximum Gasteiger partial charge on any atom is 0.160 e. The molecule has 0 saturated carbocycles. The van der Waals surface area contributed by atoms with E-state index < -0.39 is 6.17 Å². The third-order valence-electron chi connectivity index (χ3n) is 13.6. The van der Waals surface area contributed by atoms with Gasteiger partial charge >= 0.3 is 0 Å². The zero-order valence-corrected chi connectivity index (χ0v) is 36.8. The zero-order chi connectivity index (χ0) is 43.0. The van der Waals surface area contributed by atoms with Gasteiger partial charge in [-0.3, -0.25) is 0 Å². The number of hydrogen-bond acceptors (Lipinski definition) is 6. The second-order valence-corrected chi connectivity index (χ2v) is 19.3. The van der Waals surface area contributed by atoms with Gasteiger partial charge in [0, 0.05) is 67.6 Å². The Labute approximate surface area is 384 Å². The number of aromatic nitrogens is 1. The van der Waals surface area contributed by atoms with Crippen LogP contribution in [0.25, 0.3) is 111 Å². The Balaban J connectivity index is 1.00. The van der Waals surface area contributed by atoms with Gasteiger partial charge in [0.1, 0.15) is 23.2 Å². The Morgan fingerprint density at radius 2 is 1.12 bits per heavy atom. The molecule has 0 spiro atoms. The highest BCUT2D eigenvalue weighted by Crippen LogP contribution is 2.45. The van der Waals surface area contributed by atoms with Gasteiger partial charge < -0.3 is 14.3 Å². The first-order chi connectivity index (χ1) is 32.7. The summed E-state index contributed by atoms with van der Waals surface area (Å²) >= 11 is 3.62. The zero-order valence-electron chi connectivity index (χ0n) is 35.1. The van der Waals surface area contributed by atoms with E-state index in [1.54, 1.807) is 11.3 Å². The molecule has 0 aliphatic carbocycles. The molecule has 7 heteroatoms. The average Bonchev–Trinajstić information content (AvgIpc) is 4.14. The molecule has 15 rings (SSSR count). The predicted molar refractivity (Wildman–Crippen MR) is 281 cm³/mol. The second kappa shape index (κ2) is 13.7. The molecule has 0 bridgehead atoms. The van der Waals surface area contributed by atoms with Crippen molar-refractivity contribution in [3.63, 3.8) is 0 Å². The number of fused-ring (bicyclic) bond motifs is 15. The molecule has 5 nitrogen and oxygen atoms in total. The van der Waals surface area contributed by atoms with E-state index >= 15 is 0 Å². The van der Waals surface area contributed by atoms with Crippen LogP contribution in [0.5, 0.6) is 0 Å². The van der Waals surface area contributed by atoms with Crippen molar-refractivity contribution in [3.05, 3.63) is 211 Å². The van der Waals surface area contributed by atoms with E-state index in [1.165, 1.54) is 72.7 Å². The molecule has 4 aromatic heterocycles. The van der Waals surface area contributed by atoms with Crippen LogP contribution in [0.4, 0.5) is 0 Å². The molecule has 1 aliphatic heterocycles. The molecule has 0 fully saturated rings. The van der Waals surface area contributed by atoms with Crippen LogP contribution >= 0.6 is 22.7 Å². The summed E-state index contributed by atoms with van der Waals surface area (Å²) in [5, 5.41) is 18.3. The third kappa shape index (κ3) is 5.15. The van der Waals surface area contributed by atoms with Gasteiger partial charge in [-0.2, -0.15) is 0 Å². The number of nitrogens with one attached hydrogen (secondary N) is 1. The van der Waals surface area contributed by atoms with E-state index in [0.29, 0.717) is 5.84 Å². The Kier molecular flexibility index (Phi) is 7.53. The molecule has 66 heavy (non-hydrogen) atoms. The van der Waals surface area contributed by atoms with Crippen LogP contribution in [0.2, 0.25) is 0 Å². The Hall–Kier alpha value is -8.10. The maximum atomic E-state index is 7.07. The van der Waals surface area contributed by atoms with Gasteiger partial charge in [-0.15, -0.1) is 22.7 Å². The highest BCUT2D eigenvalue weighted by Gasteiger charge is 2.29. The number of hydrogen-bond donors (Lipinski definition) is 1. The van der Waals surface area contributed by atoms with E-state index in [-0.39, 0.29) is 0 Å². The lowest BCUT2D eigenvalue weighted by atomic mass is 10.0. The summed E-state index contributed by atoms with van der Waals surface area (Å²) in [6.07, 6.45) is -0.424. The first kappa shape index (κ1) is 36.3. The fraction of sp³-hybridized carbons (Fsp3) is 0.0169. The van der Waals surface area contributed by atoms with Gasteiger partial charge in [0.15, 0.2) is 5.84 Å². The normalized spacial score (nSPS) is 14.5. The monoisotopic (exact) mass is 878 g/mol. The Morgan fingerprint density at radius 1 is 0.470 bits per heavy atom. The van der Waals surface area contributed by atoms with Crippen LogP contribution in [-0.2, 0) is 0 Å². The number of benzene rings is 10. The van der Waals surface area contributed by atoms with Crippen molar-refractivity contribution in [1.29, 1.82) is 0 Å². The molecule has 1 N–H and O–H groups in total. The summed E-state index contributed by atoms with van der Waals surface area (Å²) in [7, 11) is 0. The molecule has 1 atom stereocenters. The minimum Gasteiger partial charge on any atom is -0.455 e. The summed E-state index contributed by atoms with van der Waals surface area (Å²) in [6.45, 7) is 0. The molecular weight excluding hydrogens is 845 g/mol. The van der Waals surface area contributed by atoms with E-state index in [9.17, 15) is 0 Å². The van der Waals surface area contributed by atoms with Crippen molar-refractivity contribution in [2.75, 3.05) is 0 Å². The number of thiophene rings is 2. The van der Waals surface area contributed by atoms with Gasteiger partial charge in [0.25, 0.3) is 0 Å². The van der Waals surface area contributed by atoms with Crippen LogP contribution in [0.1, 0.15) is 22.9 Å². The van der Waals surface area contributed by atoms with Gasteiger partial charge in [-0.1, -0.05) is 140 Å². The van der Waals surface area contributed by atoms with Crippen LogP contribution in [0, 0.1) is 0 Å². The molecule has 0 saturated heterocycles. The summed E-state index contributed by atoms with van der Waals surface area (Å²) in [4.78, 5) is 11.1. The Bertz CT molecular complexity index is 4470. The predicted octanol–water partition coefficient (Wildman–Crippen LogP) is 16.2. The van der Waals surface area contributed by atoms with Gasteiger partial charge in [0.2, 0.25) is 0 Å². The van der Waals surface area contributed by atoms with Crippen molar-refractivity contribution < 1.29 is 4.42 Å². The van der Waals surface area contributed by atoms with E-state index in [2.05, 4.69) is 204 Å². The first-order valence-corrected chi connectivity index (χ1v) is 23.9. The van der Waals surface area contributed by atoms with Gasteiger partial charge in [-0.05, 0) is 76.1 Å².